The first-order valence-corrected chi connectivity index (χ1v) is 12.8. The number of hydrogen-bond donors (Lipinski definition) is 0. The molecule has 37 heavy (non-hydrogen) atoms. The average Bonchev–Trinajstić information content (AvgIpc) is 3.60. The highest BCUT2D eigenvalue weighted by molar-refractivity contribution is 5.68. The molecule has 1 aliphatic carbocycles. The lowest BCUT2D eigenvalue weighted by Crippen LogP contribution is -2.22. The zero-order valence-corrected chi connectivity index (χ0v) is 20.6. The quantitative estimate of drug-likeness (QED) is 0.309. The Morgan fingerprint density at radius 3 is 2.62 bits per heavy atom. The minimum absolute atomic E-state index is 0.00830. The molecule has 7 heteroatoms. The van der Waals surface area contributed by atoms with E-state index in [1.807, 2.05) is 23.1 Å². The second-order valence-corrected chi connectivity index (χ2v) is 9.49. The summed E-state index contributed by atoms with van der Waals surface area (Å²) in [7, 11) is 0. The minimum atomic E-state index is -0.00830. The third kappa shape index (κ3) is 3.74. The van der Waals surface area contributed by atoms with E-state index in [4.69, 9.17) is 19.8 Å². The van der Waals surface area contributed by atoms with Crippen LogP contribution >= 0.6 is 0 Å². The lowest BCUT2D eigenvalue weighted by molar-refractivity contribution is 0.371. The maximum absolute atomic E-state index is 6.62. The van der Waals surface area contributed by atoms with Gasteiger partial charge in [0.1, 0.15) is 12.1 Å². The fourth-order valence-electron chi connectivity index (χ4n) is 5.45. The van der Waals surface area contributed by atoms with E-state index in [-0.39, 0.29) is 5.92 Å². The molecule has 0 fully saturated rings. The number of hydrogen-bond acceptors (Lipinski definition) is 5. The van der Waals surface area contributed by atoms with Crippen molar-refractivity contribution < 1.29 is 4.74 Å². The second kappa shape index (κ2) is 8.85. The van der Waals surface area contributed by atoms with Gasteiger partial charge in [0.05, 0.1) is 17.3 Å². The van der Waals surface area contributed by atoms with Gasteiger partial charge in [-0.05, 0) is 54.5 Å². The zero-order valence-electron chi connectivity index (χ0n) is 20.6. The number of allylic oxidation sites excluding steroid dienone is 2. The molecule has 7 rings (SSSR count). The van der Waals surface area contributed by atoms with Crippen LogP contribution in [0.1, 0.15) is 48.8 Å². The molecule has 1 aliphatic heterocycles. The normalized spacial score (nSPS) is 18.1. The van der Waals surface area contributed by atoms with Crippen molar-refractivity contribution in [3.63, 3.8) is 0 Å². The van der Waals surface area contributed by atoms with Crippen LogP contribution in [0.4, 0.5) is 0 Å². The predicted molar refractivity (Wildman–Crippen MR) is 142 cm³/mol. The summed E-state index contributed by atoms with van der Waals surface area (Å²) in [5, 5.41) is 9.15. The van der Waals surface area contributed by atoms with E-state index in [1.165, 1.54) is 22.3 Å². The fraction of sp³-hybridized carbons (Fsp3) is 0.200. The highest BCUT2D eigenvalue weighted by Gasteiger charge is 2.37. The lowest BCUT2D eigenvalue weighted by atomic mass is 9.77. The Kier molecular flexibility index (Phi) is 5.20. The Balaban J connectivity index is 1.42. The zero-order chi connectivity index (χ0) is 24.8. The third-order valence-corrected chi connectivity index (χ3v) is 7.19. The van der Waals surface area contributed by atoms with Gasteiger partial charge in [-0.15, -0.1) is 5.10 Å². The van der Waals surface area contributed by atoms with E-state index in [0.29, 0.717) is 11.7 Å². The fourth-order valence-corrected chi connectivity index (χ4v) is 5.45. The van der Waals surface area contributed by atoms with E-state index in [2.05, 4.69) is 72.7 Å². The molecule has 7 nitrogen and oxygen atoms in total. The summed E-state index contributed by atoms with van der Waals surface area (Å²) in [6, 6.07) is 21.1. The molecular formula is C30H26N6O. The Morgan fingerprint density at radius 1 is 1.03 bits per heavy atom. The van der Waals surface area contributed by atoms with Crippen molar-refractivity contribution in [1.82, 2.24) is 29.4 Å². The lowest BCUT2D eigenvalue weighted by Gasteiger charge is -2.34. The number of fused-ring (bicyclic) bond motifs is 3. The molecule has 4 heterocycles. The average molecular weight is 487 g/mol. The molecule has 0 unspecified atom stereocenters. The van der Waals surface area contributed by atoms with Crippen LogP contribution in [-0.4, -0.2) is 29.4 Å². The van der Waals surface area contributed by atoms with Gasteiger partial charge in [0, 0.05) is 18.7 Å². The third-order valence-electron chi connectivity index (χ3n) is 7.19. The summed E-state index contributed by atoms with van der Waals surface area (Å²) in [5.41, 5.74) is 7.51. The van der Waals surface area contributed by atoms with Gasteiger partial charge in [-0.25, -0.2) is 14.5 Å². The number of benzene rings is 2. The van der Waals surface area contributed by atoms with Crippen LogP contribution in [0.5, 0.6) is 5.88 Å². The number of nitrogens with zero attached hydrogens (tertiary/aromatic N) is 6. The van der Waals surface area contributed by atoms with Gasteiger partial charge in [-0.1, -0.05) is 60.7 Å². The van der Waals surface area contributed by atoms with Crippen molar-refractivity contribution in [2.24, 2.45) is 0 Å². The van der Waals surface area contributed by atoms with Crippen molar-refractivity contribution in [2.75, 3.05) is 0 Å². The second-order valence-electron chi connectivity index (χ2n) is 9.49. The van der Waals surface area contributed by atoms with Crippen LogP contribution in [0.25, 0.3) is 23.1 Å². The highest BCUT2D eigenvalue weighted by Crippen LogP contribution is 2.49. The van der Waals surface area contributed by atoms with Gasteiger partial charge in [0.25, 0.3) is 0 Å². The monoisotopic (exact) mass is 486 g/mol. The van der Waals surface area contributed by atoms with Crippen molar-refractivity contribution in [3.05, 3.63) is 113 Å². The van der Waals surface area contributed by atoms with Gasteiger partial charge in [-0.3, -0.25) is 4.68 Å². The van der Waals surface area contributed by atoms with Gasteiger partial charge >= 0.3 is 0 Å². The predicted octanol–water partition coefficient (Wildman–Crippen LogP) is 6.05. The van der Waals surface area contributed by atoms with Crippen LogP contribution in [-0.2, 0) is 6.54 Å². The molecular weight excluding hydrogens is 460 g/mol. The molecule has 0 saturated carbocycles. The highest BCUT2D eigenvalue weighted by atomic mass is 16.5. The minimum Gasteiger partial charge on any atom is -0.438 e. The maximum atomic E-state index is 6.62. The molecule has 0 spiro atoms. The Morgan fingerprint density at radius 2 is 1.84 bits per heavy atom. The van der Waals surface area contributed by atoms with E-state index >= 15 is 0 Å². The molecule has 0 radical (unpaired) electrons. The number of rotatable bonds is 4. The van der Waals surface area contributed by atoms with Gasteiger partial charge in [0.15, 0.2) is 11.5 Å². The summed E-state index contributed by atoms with van der Waals surface area (Å²) >= 11 is 0. The van der Waals surface area contributed by atoms with E-state index < -0.39 is 0 Å². The first-order valence-electron chi connectivity index (χ1n) is 12.8. The first-order chi connectivity index (χ1) is 18.3. The summed E-state index contributed by atoms with van der Waals surface area (Å²) in [6.07, 6.45) is 10.7. The smallest absolute Gasteiger partial charge is 0.228 e. The topological polar surface area (TPSA) is 70.1 Å². The molecule has 0 saturated heterocycles. The van der Waals surface area contributed by atoms with Gasteiger partial charge < -0.3 is 4.74 Å². The number of aryl methyl sites for hydroxylation is 1. The maximum Gasteiger partial charge on any atom is 0.228 e. The van der Waals surface area contributed by atoms with Gasteiger partial charge in [-0.2, -0.15) is 5.10 Å². The van der Waals surface area contributed by atoms with Crippen LogP contribution < -0.4 is 4.74 Å². The van der Waals surface area contributed by atoms with Crippen LogP contribution in [0.2, 0.25) is 0 Å². The van der Waals surface area contributed by atoms with Crippen molar-refractivity contribution >= 4 is 11.7 Å². The van der Waals surface area contributed by atoms with Crippen molar-refractivity contribution in [2.45, 2.75) is 38.6 Å². The van der Waals surface area contributed by atoms with Crippen LogP contribution in [0.15, 0.2) is 96.3 Å². The van der Waals surface area contributed by atoms with E-state index in [1.54, 1.807) is 10.8 Å². The van der Waals surface area contributed by atoms with Crippen LogP contribution in [0.3, 0.4) is 0 Å². The Hall–Kier alpha value is -4.52. The van der Waals surface area contributed by atoms with E-state index in [0.717, 1.165) is 48.3 Å². The number of aromatic nitrogens is 6. The Labute approximate surface area is 214 Å². The molecule has 182 valence electrons. The Bertz CT molecular complexity index is 1660. The molecule has 0 bridgehead atoms. The molecule has 5 aromatic rings. The van der Waals surface area contributed by atoms with Crippen LogP contribution in [0, 0.1) is 0 Å². The molecule has 0 amide bonds. The number of ether oxygens (including phenoxy) is 1. The summed E-state index contributed by atoms with van der Waals surface area (Å²) < 4.78 is 10.3. The molecule has 3 aromatic heterocycles. The molecule has 1 atom stereocenters. The van der Waals surface area contributed by atoms with Crippen molar-refractivity contribution in [1.29, 1.82) is 0 Å². The molecule has 0 N–H and O–H groups in total. The molecule has 2 aromatic carbocycles. The first kappa shape index (κ1) is 21.7. The molecule has 2 aliphatic rings. The van der Waals surface area contributed by atoms with E-state index in [9.17, 15) is 0 Å². The summed E-state index contributed by atoms with van der Waals surface area (Å²) in [4.78, 5) is 9.73. The standard InChI is InChI=1S/C30H26N6O/c1-2-35-18-23(17-32-35)28-33-29-26-25(21-12-7-4-8-13-21)24-15-9-14-22(16-20-10-5-3-6-11-20)27(24)37-30(26)31-19-36(29)34-28/h3-8,10-13,16-19,25H,2,9,14-15H2,1H3/b22-16+/t25-/m0/s1. The summed E-state index contributed by atoms with van der Waals surface area (Å²) in [5.74, 6) is 2.18. The largest absolute Gasteiger partial charge is 0.438 e. The SMILES string of the molecule is CCn1cc(-c2nc3c4c(ncn3n2)OC2=C(CCC/C2=C\c2ccccc2)[C@@H]4c2ccccc2)cn1. The summed E-state index contributed by atoms with van der Waals surface area (Å²) in [6.45, 7) is 2.86. The van der Waals surface area contributed by atoms with Crippen molar-refractivity contribution in [3.8, 4) is 17.3 Å². The van der Waals surface area contributed by atoms with Gasteiger partial charge in [0.2, 0.25) is 5.88 Å².